The summed E-state index contributed by atoms with van der Waals surface area (Å²) in [5.41, 5.74) is 12.5. The van der Waals surface area contributed by atoms with Crippen LogP contribution in [0, 0.1) is 40.9 Å². The first-order valence-electron chi connectivity index (χ1n) is 22.0. The Kier molecular flexibility index (Phi) is 20.9. The molecule has 0 aliphatic rings. The summed E-state index contributed by atoms with van der Waals surface area (Å²) in [6.45, 7) is 6.85. The predicted octanol–water partition coefficient (Wildman–Crippen LogP) is 8.95. The predicted molar refractivity (Wildman–Crippen MR) is 279 cm³/mol. The third kappa shape index (κ3) is 15.4. The maximum atomic E-state index is 12.3. The molecular formula is C58H57N3O11. The molecule has 6 aromatic rings. The van der Waals surface area contributed by atoms with Crippen molar-refractivity contribution in [2.24, 2.45) is 5.41 Å². The molecule has 14 nitrogen and oxygen atoms in total. The van der Waals surface area contributed by atoms with Crippen LogP contribution in [0.3, 0.4) is 0 Å². The van der Waals surface area contributed by atoms with Gasteiger partial charge in [0, 0.05) is 58.5 Å². The van der Waals surface area contributed by atoms with Crippen LogP contribution < -0.4 is 44.8 Å². The molecule has 0 saturated carbocycles. The van der Waals surface area contributed by atoms with Crippen molar-refractivity contribution in [3.05, 3.63) is 159 Å². The van der Waals surface area contributed by atoms with Crippen LogP contribution in [-0.2, 0) is 16.2 Å². The number of ether oxygens (including phenoxy) is 6. The van der Waals surface area contributed by atoms with Crippen molar-refractivity contribution in [3.8, 4) is 70.0 Å². The molecule has 0 aliphatic carbocycles. The average Bonchev–Trinajstić information content (AvgIpc) is 3.39. The van der Waals surface area contributed by atoms with Gasteiger partial charge in [0.25, 0.3) is 0 Å². The van der Waals surface area contributed by atoms with Gasteiger partial charge in [-0.25, -0.2) is 0 Å². The average molecular weight is 972 g/mol. The molecule has 6 rings (SSSR count). The van der Waals surface area contributed by atoms with Crippen molar-refractivity contribution in [3.63, 3.8) is 0 Å². The lowest BCUT2D eigenvalue weighted by Crippen LogP contribution is -2.27. The molecule has 2 amide bonds. The minimum atomic E-state index is -0.515. The van der Waals surface area contributed by atoms with Gasteiger partial charge in [-0.15, -0.1) is 0 Å². The quantitative estimate of drug-likeness (QED) is 0.0548. The number of aliphatic hydroxyl groups excluding tert-OH is 1. The maximum Gasteiger partial charge on any atom is 0.229 e. The molecule has 370 valence electrons. The van der Waals surface area contributed by atoms with Crippen LogP contribution in [0.4, 0.5) is 17.1 Å². The summed E-state index contributed by atoms with van der Waals surface area (Å²) in [5, 5.41) is 15.0. The summed E-state index contributed by atoms with van der Waals surface area (Å²) in [6, 6.07) is 31.9. The monoisotopic (exact) mass is 971 g/mol. The third-order valence-corrected chi connectivity index (χ3v) is 10.2. The van der Waals surface area contributed by atoms with Crippen LogP contribution in [0.25, 0.3) is 0 Å². The van der Waals surface area contributed by atoms with Crippen LogP contribution in [0.15, 0.2) is 109 Å². The number of carbonyl (C=O) groups excluding carboxylic acids is 4. The van der Waals surface area contributed by atoms with Crippen molar-refractivity contribution < 1.29 is 52.7 Å². The van der Waals surface area contributed by atoms with E-state index in [1.807, 2.05) is 69.3 Å². The molecule has 0 atom stereocenters. The zero-order chi connectivity index (χ0) is 52.8. The number of nitrogens with two attached hydrogens (primary N) is 1. The number of para-hydroxylation sites is 3. The molecule has 0 heterocycles. The Morgan fingerprint density at radius 2 is 0.875 bits per heavy atom. The van der Waals surface area contributed by atoms with Crippen molar-refractivity contribution in [1.29, 1.82) is 0 Å². The molecular weight excluding hydrogens is 915 g/mol. The lowest BCUT2D eigenvalue weighted by atomic mass is 9.95. The number of aldehydes is 2. The Balaban J connectivity index is 0.000000236. The Hall–Kier alpha value is -9.16. The Bertz CT molecular complexity index is 3100. The molecule has 0 aliphatic heterocycles. The number of nitrogens with one attached hydrogen (secondary N) is 2. The van der Waals surface area contributed by atoms with Crippen LogP contribution in [0.1, 0.15) is 87.4 Å². The fraction of sp³-hybridized carbons (Fsp3) is 0.207. The normalized spacial score (nSPS) is 9.88. The summed E-state index contributed by atoms with van der Waals surface area (Å²) >= 11 is 0. The van der Waals surface area contributed by atoms with Crippen molar-refractivity contribution in [2.75, 3.05) is 59.0 Å². The van der Waals surface area contributed by atoms with E-state index in [2.05, 4.69) is 46.2 Å². The third-order valence-electron chi connectivity index (χ3n) is 10.2. The van der Waals surface area contributed by atoms with E-state index in [-0.39, 0.29) is 18.4 Å². The van der Waals surface area contributed by atoms with E-state index in [1.54, 1.807) is 74.9 Å². The Morgan fingerprint density at radius 3 is 1.26 bits per heavy atom. The molecule has 0 saturated heterocycles. The summed E-state index contributed by atoms with van der Waals surface area (Å²) in [6.07, 6.45) is 1.41. The number of hydrogen-bond donors (Lipinski definition) is 4. The second-order valence-corrected chi connectivity index (χ2v) is 16.2. The van der Waals surface area contributed by atoms with E-state index in [0.29, 0.717) is 109 Å². The van der Waals surface area contributed by atoms with Gasteiger partial charge in [0.15, 0.2) is 12.6 Å². The van der Waals surface area contributed by atoms with Gasteiger partial charge in [-0.1, -0.05) is 92.7 Å². The van der Waals surface area contributed by atoms with Gasteiger partial charge >= 0.3 is 0 Å². The van der Waals surface area contributed by atoms with Crippen molar-refractivity contribution in [2.45, 2.75) is 34.3 Å². The number of anilines is 3. The summed E-state index contributed by atoms with van der Waals surface area (Å²) < 4.78 is 31.5. The van der Waals surface area contributed by atoms with Crippen LogP contribution >= 0.6 is 0 Å². The lowest BCUT2D eigenvalue weighted by Gasteiger charge is -2.18. The number of carbonyl (C=O) groups is 4. The van der Waals surface area contributed by atoms with Crippen LogP contribution in [0.5, 0.6) is 34.5 Å². The number of methoxy groups -OCH3 is 6. The minimum absolute atomic E-state index is 0.0954. The van der Waals surface area contributed by atoms with Gasteiger partial charge in [0.2, 0.25) is 11.8 Å². The van der Waals surface area contributed by atoms with Gasteiger partial charge < -0.3 is 49.9 Å². The molecule has 6 aromatic carbocycles. The van der Waals surface area contributed by atoms with Gasteiger partial charge in [0.1, 0.15) is 34.5 Å². The highest BCUT2D eigenvalue weighted by Crippen LogP contribution is 2.31. The fourth-order valence-corrected chi connectivity index (χ4v) is 6.33. The summed E-state index contributed by atoms with van der Waals surface area (Å²) in [7, 11) is 9.13. The highest BCUT2D eigenvalue weighted by molar-refractivity contribution is 5.96. The molecule has 72 heavy (non-hydrogen) atoms. The molecule has 0 radical (unpaired) electrons. The first kappa shape index (κ1) is 55.4. The number of rotatable bonds is 11. The first-order valence-corrected chi connectivity index (χ1v) is 22.0. The van der Waals surface area contributed by atoms with E-state index in [9.17, 15) is 24.3 Å². The molecule has 5 N–H and O–H groups in total. The number of aliphatic hydroxyl groups is 1. The van der Waals surface area contributed by atoms with E-state index >= 15 is 0 Å². The van der Waals surface area contributed by atoms with Crippen LogP contribution in [-0.4, -0.2) is 72.2 Å². The van der Waals surface area contributed by atoms with Gasteiger partial charge in [-0.05, 0) is 54.6 Å². The smallest absolute Gasteiger partial charge is 0.229 e. The standard InChI is InChI=1S/C22H23NO4.C19H17NO4.C17H17NO3/c1-22(2,3)21(25)23-18-9-7-6-8-15(18)10-11-16-12-17(14-24)20(27-5)13-19(16)26-4;1-13(22)20-17-7-5-4-6-14(17)8-9-15-10-16(12-21)19(24-3)11-18(15)23-2;1-20-16-10-17(21-2)14(11-19)9-13(16)8-7-12-5-3-4-6-15(12)18/h6-9,12-14H,1-5H3,(H,23,25);4-7,10-12H,1-3H3,(H,20,22);3-6,9-10,19H,11,18H2,1-2H3. The molecule has 0 fully saturated rings. The topological polar surface area (TPSA) is 194 Å². The second kappa shape index (κ2) is 27.1. The molecule has 0 aromatic heterocycles. The Morgan fingerprint density at radius 1 is 0.514 bits per heavy atom. The van der Waals surface area contributed by atoms with E-state index in [1.165, 1.54) is 35.4 Å². The maximum absolute atomic E-state index is 12.3. The molecule has 14 heteroatoms. The van der Waals surface area contributed by atoms with E-state index in [0.717, 1.165) is 5.56 Å². The second-order valence-electron chi connectivity index (χ2n) is 16.2. The van der Waals surface area contributed by atoms with Crippen LogP contribution in [0.2, 0.25) is 0 Å². The van der Waals surface area contributed by atoms with Crippen molar-refractivity contribution in [1.82, 2.24) is 0 Å². The van der Waals surface area contributed by atoms with Gasteiger partial charge in [-0.3, -0.25) is 19.2 Å². The highest BCUT2D eigenvalue weighted by Gasteiger charge is 2.22. The number of amides is 2. The highest BCUT2D eigenvalue weighted by atomic mass is 16.5. The molecule has 0 unspecified atom stereocenters. The van der Waals surface area contributed by atoms with Gasteiger partial charge in [-0.2, -0.15) is 0 Å². The fourth-order valence-electron chi connectivity index (χ4n) is 6.33. The first-order chi connectivity index (χ1) is 34.6. The van der Waals surface area contributed by atoms with Crippen molar-refractivity contribution >= 4 is 41.4 Å². The number of nitrogen functional groups attached to an aromatic ring is 1. The Labute approximate surface area is 420 Å². The lowest BCUT2D eigenvalue weighted by molar-refractivity contribution is -0.123. The molecule has 0 bridgehead atoms. The number of benzene rings is 6. The summed E-state index contributed by atoms with van der Waals surface area (Å²) in [4.78, 5) is 46.0. The molecule has 0 spiro atoms. The summed E-state index contributed by atoms with van der Waals surface area (Å²) in [5.74, 6) is 20.8. The zero-order valence-corrected chi connectivity index (χ0v) is 41.9. The zero-order valence-electron chi connectivity index (χ0n) is 41.9. The van der Waals surface area contributed by atoms with E-state index < -0.39 is 5.41 Å². The largest absolute Gasteiger partial charge is 0.496 e. The van der Waals surface area contributed by atoms with E-state index in [4.69, 9.17) is 34.2 Å². The number of hydrogen-bond acceptors (Lipinski definition) is 12. The van der Waals surface area contributed by atoms with Gasteiger partial charge in [0.05, 0.1) is 88.5 Å². The SMILES string of the molecule is COc1cc(OC)c(C=O)cc1C#Cc1ccccc1NC(=O)C(C)(C)C.COc1cc(OC)c(C=O)cc1C#Cc1ccccc1NC(C)=O.COc1cc(OC)c(CO)cc1C#Cc1ccccc1N. The minimum Gasteiger partial charge on any atom is -0.496 e.